The van der Waals surface area contributed by atoms with Gasteiger partial charge in [-0.15, -0.1) is 0 Å². The maximum atomic E-state index is 6.07. The molecular weight excluding hydrogens is 289 g/mol. The zero-order valence-corrected chi connectivity index (χ0v) is 11.5. The Kier molecular flexibility index (Phi) is 4.01. The van der Waals surface area contributed by atoms with Gasteiger partial charge in [-0.1, -0.05) is 41.5 Å². The standard InChI is InChI=1S/C12H9Cl2N3S/c13-8-4-1-5-9(14)10(8)17-12-7(11(15)18)3-2-6-16-12/h1-6H,(H2,15,18)(H,16,17). The van der Waals surface area contributed by atoms with Crippen LogP contribution < -0.4 is 11.1 Å². The van der Waals surface area contributed by atoms with Crippen LogP contribution in [0.15, 0.2) is 36.5 Å². The van der Waals surface area contributed by atoms with Gasteiger partial charge >= 0.3 is 0 Å². The average molecular weight is 298 g/mol. The maximum absolute atomic E-state index is 6.07. The van der Waals surface area contributed by atoms with Crippen molar-refractivity contribution in [3.05, 3.63) is 52.1 Å². The average Bonchev–Trinajstić information content (AvgIpc) is 2.34. The van der Waals surface area contributed by atoms with Gasteiger partial charge in [0, 0.05) is 6.20 Å². The number of thiocarbonyl (C=S) groups is 1. The molecule has 6 heteroatoms. The smallest absolute Gasteiger partial charge is 0.140 e. The highest BCUT2D eigenvalue weighted by Crippen LogP contribution is 2.32. The molecule has 0 radical (unpaired) electrons. The summed E-state index contributed by atoms with van der Waals surface area (Å²) in [7, 11) is 0. The summed E-state index contributed by atoms with van der Waals surface area (Å²) in [5, 5.41) is 4.05. The lowest BCUT2D eigenvalue weighted by molar-refractivity contribution is 1.30. The van der Waals surface area contributed by atoms with Gasteiger partial charge in [-0.3, -0.25) is 0 Å². The Bertz CT molecular complexity index is 581. The summed E-state index contributed by atoms with van der Waals surface area (Å²) in [6.45, 7) is 0. The number of anilines is 2. The number of pyridine rings is 1. The van der Waals surface area contributed by atoms with Crippen LogP contribution in [0.1, 0.15) is 5.56 Å². The molecule has 0 atom stereocenters. The van der Waals surface area contributed by atoms with Crippen LogP contribution in [0.4, 0.5) is 11.5 Å². The van der Waals surface area contributed by atoms with Crippen molar-refractivity contribution in [2.24, 2.45) is 5.73 Å². The van der Waals surface area contributed by atoms with Gasteiger partial charge in [0.15, 0.2) is 0 Å². The van der Waals surface area contributed by atoms with E-state index in [1.54, 1.807) is 36.5 Å². The fraction of sp³-hybridized carbons (Fsp3) is 0. The molecular formula is C12H9Cl2N3S. The Morgan fingerprint density at radius 2 is 1.83 bits per heavy atom. The Morgan fingerprint density at radius 3 is 2.44 bits per heavy atom. The molecule has 3 nitrogen and oxygen atoms in total. The third kappa shape index (κ3) is 2.72. The molecule has 1 heterocycles. The van der Waals surface area contributed by atoms with E-state index in [9.17, 15) is 0 Å². The van der Waals surface area contributed by atoms with E-state index >= 15 is 0 Å². The van der Waals surface area contributed by atoms with Gasteiger partial charge < -0.3 is 11.1 Å². The summed E-state index contributed by atoms with van der Waals surface area (Å²) in [6, 6.07) is 8.78. The van der Waals surface area contributed by atoms with Gasteiger partial charge in [0.1, 0.15) is 10.8 Å². The lowest BCUT2D eigenvalue weighted by Gasteiger charge is -2.12. The van der Waals surface area contributed by atoms with Gasteiger partial charge in [-0.05, 0) is 24.3 Å². The molecule has 2 rings (SSSR count). The molecule has 3 N–H and O–H groups in total. The number of halogens is 2. The van der Waals surface area contributed by atoms with Crippen LogP contribution in [0, 0.1) is 0 Å². The SMILES string of the molecule is NC(=S)c1cccnc1Nc1c(Cl)cccc1Cl. The molecule has 18 heavy (non-hydrogen) atoms. The Morgan fingerprint density at radius 1 is 1.17 bits per heavy atom. The van der Waals surface area contributed by atoms with Crippen molar-refractivity contribution in [3.8, 4) is 0 Å². The first-order chi connectivity index (χ1) is 8.59. The van der Waals surface area contributed by atoms with Crippen molar-refractivity contribution in [2.75, 3.05) is 5.32 Å². The third-order valence-corrected chi connectivity index (χ3v) is 3.13. The number of aromatic nitrogens is 1. The molecule has 1 aromatic carbocycles. The minimum absolute atomic E-state index is 0.258. The molecule has 2 aromatic rings. The van der Waals surface area contributed by atoms with Gasteiger partial charge in [0.2, 0.25) is 0 Å². The summed E-state index contributed by atoms with van der Waals surface area (Å²) in [5.41, 5.74) is 6.85. The highest BCUT2D eigenvalue weighted by molar-refractivity contribution is 7.80. The highest BCUT2D eigenvalue weighted by atomic mass is 35.5. The molecule has 0 aliphatic carbocycles. The van der Waals surface area contributed by atoms with Crippen LogP contribution in [-0.4, -0.2) is 9.97 Å². The fourth-order valence-corrected chi connectivity index (χ4v) is 2.10. The topological polar surface area (TPSA) is 50.9 Å². The number of para-hydroxylation sites is 1. The fourth-order valence-electron chi connectivity index (χ4n) is 1.44. The van der Waals surface area contributed by atoms with Gasteiger partial charge in [0.25, 0.3) is 0 Å². The second kappa shape index (κ2) is 5.52. The molecule has 0 aliphatic rings. The molecule has 0 amide bonds. The highest BCUT2D eigenvalue weighted by Gasteiger charge is 2.10. The first-order valence-corrected chi connectivity index (χ1v) is 6.22. The quantitative estimate of drug-likeness (QED) is 0.847. The second-order valence-corrected chi connectivity index (χ2v) is 4.74. The molecule has 0 unspecified atom stereocenters. The van der Waals surface area contributed by atoms with E-state index in [0.717, 1.165) is 0 Å². The minimum Gasteiger partial charge on any atom is -0.389 e. The molecule has 0 saturated heterocycles. The lowest BCUT2D eigenvalue weighted by atomic mass is 10.2. The Balaban J connectivity index is 2.43. The second-order valence-electron chi connectivity index (χ2n) is 3.49. The lowest BCUT2D eigenvalue weighted by Crippen LogP contribution is -2.12. The Hall–Kier alpha value is -1.36. The van der Waals surface area contributed by atoms with Crippen molar-refractivity contribution in [1.82, 2.24) is 4.98 Å². The maximum Gasteiger partial charge on any atom is 0.140 e. The van der Waals surface area contributed by atoms with Crippen molar-refractivity contribution < 1.29 is 0 Å². The first kappa shape index (κ1) is 13.1. The number of hydrogen-bond donors (Lipinski definition) is 2. The number of nitrogens with zero attached hydrogens (tertiary/aromatic N) is 1. The minimum atomic E-state index is 0.258. The van der Waals surface area contributed by atoms with E-state index in [2.05, 4.69) is 10.3 Å². The van der Waals surface area contributed by atoms with E-state index in [-0.39, 0.29) is 4.99 Å². The summed E-state index contributed by atoms with van der Waals surface area (Å²) in [5.74, 6) is 0.528. The molecule has 0 spiro atoms. The van der Waals surface area contributed by atoms with E-state index in [1.807, 2.05) is 0 Å². The Labute approximate surface area is 120 Å². The normalized spacial score (nSPS) is 10.1. The van der Waals surface area contributed by atoms with Crippen LogP contribution in [0.5, 0.6) is 0 Å². The monoisotopic (exact) mass is 297 g/mol. The predicted molar refractivity (Wildman–Crippen MR) is 79.9 cm³/mol. The molecule has 0 fully saturated rings. The van der Waals surface area contributed by atoms with Crippen LogP contribution in [0.2, 0.25) is 10.0 Å². The van der Waals surface area contributed by atoms with Crippen LogP contribution >= 0.6 is 35.4 Å². The van der Waals surface area contributed by atoms with Crippen LogP contribution in [-0.2, 0) is 0 Å². The van der Waals surface area contributed by atoms with Gasteiger partial charge in [-0.25, -0.2) is 4.98 Å². The van der Waals surface area contributed by atoms with Crippen LogP contribution in [0.25, 0.3) is 0 Å². The first-order valence-electron chi connectivity index (χ1n) is 5.05. The number of nitrogens with two attached hydrogens (primary N) is 1. The molecule has 0 saturated carbocycles. The molecule has 0 aliphatic heterocycles. The van der Waals surface area contributed by atoms with Gasteiger partial charge in [0.05, 0.1) is 21.3 Å². The number of nitrogens with one attached hydrogen (secondary N) is 1. The molecule has 0 bridgehead atoms. The van der Waals surface area contributed by atoms with E-state index in [4.69, 9.17) is 41.2 Å². The summed E-state index contributed by atoms with van der Waals surface area (Å²) in [6.07, 6.45) is 1.63. The zero-order chi connectivity index (χ0) is 13.1. The third-order valence-electron chi connectivity index (χ3n) is 2.28. The summed E-state index contributed by atoms with van der Waals surface area (Å²) in [4.78, 5) is 4.44. The largest absolute Gasteiger partial charge is 0.389 e. The molecule has 92 valence electrons. The summed E-state index contributed by atoms with van der Waals surface area (Å²) >= 11 is 17.1. The van der Waals surface area contributed by atoms with Crippen molar-refractivity contribution in [1.29, 1.82) is 0 Å². The van der Waals surface area contributed by atoms with Crippen LogP contribution in [0.3, 0.4) is 0 Å². The number of rotatable bonds is 3. The van der Waals surface area contributed by atoms with Crippen molar-refractivity contribution in [2.45, 2.75) is 0 Å². The van der Waals surface area contributed by atoms with E-state index < -0.39 is 0 Å². The zero-order valence-electron chi connectivity index (χ0n) is 9.15. The predicted octanol–water partition coefficient (Wildman–Crippen LogP) is 3.77. The van der Waals surface area contributed by atoms with Crippen molar-refractivity contribution >= 4 is 51.9 Å². The van der Waals surface area contributed by atoms with E-state index in [0.29, 0.717) is 27.1 Å². The van der Waals surface area contributed by atoms with Gasteiger partial charge in [-0.2, -0.15) is 0 Å². The van der Waals surface area contributed by atoms with Crippen molar-refractivity contribution in [3.63, 3.8) is 0 Å². The van der Waals surface area contributed by atoms with E-state index in [1.165, 1.54) is 0 Å². The summed E-state index contributed by atoms with van der Waals surface area (Å²) < 4.78 is 0. The number of hydrogen-bond acceptors (Lipinski definition) is 3. The molecule has 1 aromatic heterocycles. The number of benzene rings is 1.